The summed E-state index contributed by atoms with van der Waals surface area (Å²) in [4.78, 5) is 12.3. The van der Waals surface area contributed by atoms with Crippen LogP contribution >= 0.6 is 0 Å². The smallest absolute Gasteiger partial charge is 0.128 e. The van der Waals surface area contributed by atoms with Crippen molar-refractivity contribution in [1.82, 2.24) is 14.8 Å². The molecule has 4 nitrogen and oxygen atoms in total. The minimum Gasteiger partial charge on any atom is -0.357 e. The van der Waals surface area contributed by atoms with E-state index in [1.807, 2.05) is 6.20 Å². The van der Waals surface area contributed by atoms with E-state index in [9.17, 15) is 0 Å². The predicted octanol–water partition coefficient (Wildman–Crippen LogP) is 2.63. The molecule has 0 bridgehead atoms. The van der Waals surface area contributed by atoms with Crippen LogP contribution in [0.3, 0.4) is 0 Å². The third kappa shape index (κ3) is 3.45. The summed E-state index contributed by atoms with van der Waals surface area (Å²) in [7, 11) is 2.26. The zero-order chi connectivity index (χ0) is 16.6. The van der Waals surface area contributed by atoms with E-state index >= 15 is 0 Å². The van der Waals surface area contributed by atoms with Crippen LogP contribution in [0.15, 0.2) is 18.3 Å². The van der Waals surface area contributed by atoms with Crippen molar-refractivity contribution in [3.63, 3.8) is 0 Å². The van der Waals surface area contributed by atoms with Crippen molar-refractivity contribution in [2.75, 3.05) is 57.8 Å². The second kappa shape index (κ2) is 6.64. The Morgan fingerprint density at radius 1 is 1.08 bits per heavy atom. The van der Waals surface area contributed by atoms with Crippen molar-refractivity contribution in [2.45, 2.75) is 32.6 Å². The molecule has 1 aromatic rings. The average Bonchev–Trinajstić information content (AvgIpc) is 2.57. The lowest BCUT2D eigenvalue weighted by Crippen LogP contribution is -2.59. The van der Waals surface area contributed by atoms with Crippen LogP contribution < -0.4 is 4.90 Å². The maximum atomic E-state index is 4.59. The van der Waals surface area contributed by atoms with E-state index in [4.69, 9.17) is 0 Å². The van der Waals surface area contributed by atoms with Gasteiger partial charge >= 0.3 is 0 Å². The molecule has 0 N–H and O–H groups in total. The van der Waals surface area contributed by atoms with Crippen molar-refractivity contribution >= 4 is 5.82 Å². The number of pyridine rings is 1. The van der Waals surface area contributed by atoms with Crippen LogP contribution in [0.4, 0.5) is 5.82 Å². The van der Waals surface area contributed by atoms with E-state index < -0.39 is 0 Å². The highest BCUT2D eigenvalue weighted by Crippen LogP contribution is 2.39. The number of aromatic nitrogens is 1. The van der Waals surface area contributed by atoms with Crippen LogP contribution in [0.2, 0.25) is 0 Å². The highest BCUT2D eigenvalue weighted by atomic mass is 15.2. The van der Waals surface area contributed by atoms with Crippen LogP contribution in [0.25, 0.3) is 0 Å². The summed E-state index contributed by atoms with van der Waals surface area (Å²) in [5, 5.41) is 0. The average molecular weight is 329 g/mol. The molecule has 0 radical (unpaired) electrons. The molecular weight excluding hydrogens is 296 g/mol. The van der Waals surface area contributed by atoms with Crippen LogP contribution in [0.1, 0.15) is 31.2 Å². The first kappa shape index (κ1) is 16.3. The molecule has 1 aromatic heterocycles. The Hall–Kier alpha value is -1.13. The fourth-order valence-electron chi connectivity index (χ4n) is 4.98. The van der Waals surface area contributed by atoms with Gasteiger partial charge in [0.05, 0.1) is 0 Å². The molecule has 4 heteroatoms. The van der Waals surface area contributed by atoms with Gasteiger partial charge in [-0.25, -0.2) is 4.98 Å². The maximum Gasteiger partial charge on any atom is 0.128 e. The number of nitrogens with zero attached hydrogens (tertiary/aromatic N) is 4. The van der Waals surface area contributed by atoms with Gasteiger partial charge in [0.2, 0.25) is 0 Å². The Kier molecular flexibility index (Phi) is 4.52. The Morgan fingerprint density at radius 2 is 1.79 bits per heavy atom. The van der Waals surface area contributed by atoms with E-state index in [-0.39, 0.29) is 0 Å². The molecule has 0 unspecified atom stereocenters. The van der Waals surface area contributed by atoms with Crippen molar-refractivity contribution < 1.29 is 0 Å². The topological polar surface area (TPSA) is 22.6 Å². The summed E-state index contributed by atoms with van der Waals surface area (Å²) in [6, 6.07) is 4.35. The summed E-state index contributed by atoms with van der Waals surface area (Å²) in [6.07, 6.45) is 7.47. The Labute approximate surface area is 146 Å². The molecule has 4 heterocycles. The molecule has 24 heavy (non-hydrogen) atoms. The van der Waals surface area contributed by atoms with Gasteiger partial charge in [-0.2, -0.15) is 0 Å². The predicted molar refractivity (Wildman–Crippen MR) is 99.5 cm³/mol. The first-order chi connectivity index (χ1) is 11.6. The molecule has 0 amide bonds. The molecule has 0 aliphatic carbocycles. The van der Waals surface area contributed by atoms with Crippen LogP contribution in [-0.2, 0) is 0 Å². The third-order valence-electron chi connectivity index (χ3n) is 6.48. The van der Waals surface area contributed by atoms with Crippen molar-refractivity contribution in [3.8, 4) is 0 Å². The monoisotopic (exact) mass is 328 g/mol. The number of rotatable bonds is 3. The molecule has 0 atom stereocenters. The SMILES string of the molecule is Cc1ccc(N2CCC(CN3CCC4(CC3)CN(C)C4)CC2)nc1. The van der Waals surface area contributed by atoms with E-state index in [1.54, 1.807) is 0 Å². The first-order valence-electron chi connectivity index (χ1n) is 9.70. The standard InChI is InChI=1S/C20H32N4/c1-17-3-4-19(21-13-17)24-9-5-18(6-10-24)14-23-11-7-20(8-12-23)15-22(2)16-20/h3-4,13,18H,5-12,14-16H2,1-2H3. The number of likely N-dealkylation sites (tertiary alicyclic amines) is 2. The van der Waals surface area contributed by atoms with E-state index in [0.29, 0.717) is 5.41 Å². The lowest BCUT2D eigenvalue weighted by molar-refractivity contribution is -0.0343. The zero-order valence-electron chi connectivity index (χ0n) is 15.4. The van der Waals surface area contributed by atoms with Crippen molar-refractivity contribution in [1.29, 1.82) is 0 Å². The number of piperidine rings is 2. The molecule has 3 aliphatic rings. The summed E-state index contributed by atoms with van der Waals surface area (Å²) in [5.74, 6) is 2.04. The summed E-state index contributed by atoms with van der Waals surface area (Å²) in [6.45, 7) is 11.1. The van der Waals surface area contributed by atoms with Gasteiger partial charge in [0, 0.05) is 38.9 Å². The van der Waals surface area contributed by atoms with Crippen molar-refractivity contribution in [3.05, 3.63) is 23.9 Å². The fourth-order valence-corrected chi connectivity index (χ4v) is 4.98. The van der Waals surface area contributed by atoms with Gasteiger partial charge < -0.3 is 14.7 Å². The maximum absolute atomic E-state index is 4.59. The lowest BCUT2D eigenvalue weighted by Gasteiger charge is -2.53. The lowest BCUT2D eigenvalue weighted by atomic mass is 9.72. The highest BCUT2D eigenvalue weighted by molar-refractivity contribution is 5.39. The van der Waals surface area contributed by atoms with E-state index in [1.165, 1.54) is 77.1 Å². The Morgan fingerprint density at radius 3 is 2.38 bits per heavy atom. The molecule has 3 aliphatic heterocycles. The van der Waals surface area contributed by atoms with Gasteiger partial charge in [-0.05, 0) is 75.7 Å². The van der Waals surface area contributed by atoms with Gasteiger partial charge in [0.25, 0.3) is 0 Å². The van der Waals surface area contributed by atoms with Crippen LogP contribution in [0, 0.1) is 18.3 Å². The highest BCUT2D eigenvalue weighted by Gasteiger charge is 2.43. The minimum atomic E-state index is 0.686. The number of hydrogen-bond acceptors (Lipinski definition) is 4. The molecule has 0 saturated carbocycles. The van der Waals surface area contributed by atoms with Gasteiger partial charge in [0.15, 0.2) is 0 Å². The molecule has 132 valence electrons. The Bertz CT molecular complexity index is 531. The second-order valence-electron chi connectivity index (χ2n) is 8.60. The van der Waals surface area contributed by atoms with Crippen molar-refractivity contribution in [2.24, 2.45) is 11.3 Å². The zero-order valence-corrected chi connectivity index (χ0v) is 15.4. The fraction of sp³-hybridized carbons (Fsp3) is 0.750. The molecule has 3 fully saturated rings. The number of aryl methyl sites for hydroxylation is 1. The molecule has 1 spiro atoms. The number of hydrogen-bond donors (Lipinski definition) is 0. The first-order valence-corrected chi connectivity index (χ1v) is 9.70. The van der Waals surface area contributed by atoms with Gasteiger partial charge in [-0.15, -0.1) is 0 Å². The van der Waals surface area contributed by atoms with Gasteiger partial charge in [0.1, 0.15) is 5.82 Å². The van der Waals surface area contributed by atoms with Gasteiger partial charge in [-0.3, -0.25) is 0 Å². The van der Waals surface area contributed by atoms with Crippen LogP contribution in [-0.4, -0.2) is 67.6 Å². The molecule has 0 aromatic carbocycles. The number of anilines is 1. The van der Waals surface area contributed by atoms with E-state index in [2.05, 4.69) is 45.8 Å². The van der Waals surface area contributed by atoms with E-state index in [0.717, 1.165) is 11.7 Å². The minimum absolute atomic E-state index is 0.686. The molecule has 4 rings (SSSR count). The molecular formula is C20H32N4. The third-order valence-corrected chi connectivity index (χ3v) is 6.48. The summed E-state index contributed by atoms with van der Waals surface area (Å²) >= 11 is 0. The summed E-state index contributed by atoms with van der Waals surface area (Å²) in [5.41, 5.74) is 1.93. The summed E-state index contributed by atoms with van der Waals surface area (Å²) < 4.78 is 0. The quantitative estimate of drug-likeness (QED) is 0.851. The van der Waals surface area contributed by atoms with Gasteiger partial charge in [-0.1, -0.05) is 6.07 Å². The Balaban J connectivity index is 1.22. The normalized spacial score (nSPS) is 25.8. The molecule has 3 saturated heterocycles. The second-order valence-corrected chi connectivity index (χ2v) is 8.60. The largest absolute Gasteiger partial charge is 0.357 e. The van der Waals surface area contributed by atoms with Crippen LogP contribution in [0.5, 0.6) is 0 Å².